The van der Waals surface area contributed by atoms with Crippen LogP contribution in [-0.4, -0.2) is 81.8 Å². The summed E-state index contributed by atoms with van der Waals surface area (Å²) >= 11 is 3.18. The molecule has 0 aliphatic carbocycles. The van der Waals surface area contributed by atoms with Crippen LogP contribution in [0.5, 0.6) is 0 Å². The molecule has 4 aromatic carbocycles. The molecule has 0 aliphatic heterocycles. The molecule has 0 bridgehead atoms. The van der Waals surface area contributed by atoms with Crippen molar-refractivity contribution in [2.24, 2.45) is 0 Å². The minimum atomic E-state index is -1.22. The zero-order chi connectivity index (χ0) is 45.4. The zero-order valence-corrected chi connectivity index (χ0v) is 50.1. The molecule has 0 aromatic heterocycles. The smallest absolute Gasteiger partial charge is 0.108 e. The fourth-order valence-corrected chi connectivity index (χ4v) is 21.6. The predicted molar refractivity (Wildman–Crippen MR) is 308 cm³/mol. The minimum absolute atomic E-state index is 0. The molecule has 0 nitrogen and oxygen atoms in total. The summed E-state index contributed by atoms with van der Waals surface area (Å²) in [6.07, 6.45) is 4.81. The summed E-state index contributed by atoms with van der Waals surface area (Å²) in [5.74, 6) is 1.06. The Labute approximate surface area is 430 Å². The van der Waals surface area contributed by atoms with E-state index in [2.05, 4.69) is 245 Å². The van der Waals surface area contributed by atoms with Gasteiger partial charge >= 0.3 is 0 Å². The second-order valence-corrected chi connectivity index (χ2v) is 33.4. The van der Waals surface area contributed by atoms with E-state index >= 15 is 0 Å². The molecular weight excluding hydrogens is 965 g/mol. The van der Waals surface area contributed by atoms with Crippen molar-refractivity contribution in [1.29, 1.82) is 0 Å². The molecule has 4 aromatic rings. The summed E-state index contributed by atoms with van der Waals surface area (Å²) in [5, 5.41) is 0. The van der Waals surface area contributed by atoms with Crippen LogP contribution in [-0.2, 0) is 59.1 Å². The summed E-state index contributed by atoms with van der Waals surface area (Å²) in [4.78, 5) is 0. The van der Waals surface area contributed by atoms with Crippen molar-refractivity contribution >= 4 is 85.8 Å². The van der Waals surface area contributed by atoms with Gasteiger partial charge in [-0.2, -0.15) is 21.9 Å². The van der Waals surface area contributed by atoms with Crippen molar-refractivity contribution in [3.8, 4) is 0 Å². The summed E-state index contributed by atoms with van der Waals surface area (Å²) in [5.41, 5.74) is 12.6. The monoisotopic (exact) mass is 1060 g/mol. The van der Waals surface area contributed by atoms with Gasteiger partial charge in [0.25, 0.3) is 0 Å². The van der Waals surface area contributed by atoms with Gasteiger partial charge in [0.15, 0.2) is 0 Å². The Morgan fingerprint density at radius 2 is 0.460 bits per heavy atom. The third kappa shape index (κ3) is 23.5. The van der Waals surface area contributed by atoms with Crippen LogP contribution in [0.3, 0.4) is 0 Å². The molecule has 0 fully saturated rings. The number of benzene rings is 4. The molecule has 0 heterocycles. The maximum atomic E-state index is 3.18. The quantitative estimate of drug-likeness (QED) is 0.0315. The Hall–Kier alpha value is 0.352. The number of hydrogen-bond donors (Lipinski definition) is 0. The van der Waals surface area contributed by atoms with Gasteiger partial charge in [-0.05, 0) is 89.5 Å². The largest absolute Gasteiger partial charge is 0.813 e. The van der Waals surface area contributed by atoms with Crippen molar-refractivity contribution in [3.63, 3.8) is 0 Å². The Kier molecular flexibility index (Phi) is 40.0. The Morgan fingerprint density at radius 1 is 0.333 bits per heavy atom. The first-order valence-electron chi connectivity index (χ1n) is 23.4. The van der Waals surface area contributed by atoms with Gasteiger partial charge in [0.05, 0.1) is 0 Å². The maximum Gasteiger partial charge on any atom is 0.108 e. The van der Waals surface area contributed by atoms with Crippen LogP contribution in [0.1, 0.15) is 118 Å². The van der Waals surface area contributed by atoms with Crippen LogP contribution >= 0.6 is 31.7 Å². The molecule has 0 atom stereocenters. The molecule has 0 N–H and O–H groups in total. The molecular formula is C54H92BNi2P4S2-. The van der Waals surface area contributed by atoms with E-state index in [9.17, 15) is 0 Å². The zero-order valence-electron chi connectivity index (χ0n) is 42.6. The van der Waals surface area contributed by atoms with Gasteiger partial charge in [-0.1, -0.05) is 232 Å². The molecule has 0 spiro atoms. The van der Waals surface area contributed by atoms with Crippen LogP contribution < -0.4 is 21.9 Å². The fourth-order valence-electron chi connectivity index (χ4n) is 9.03. The predicted octanol–water partition coefficient (Wildman–Crippen LogP) is 14.0. The van der Waals surface area contributed by atoms with Crippen LogP contribution in [0.15, 0.2) is 121 Å². The first-order chi connectivity index (χ1) is 28.4. The van der Waals surface area contributed by atoms with Crippen molar-refractivity contribution in [1.82, 2.24) is 0 Å². The van der Waals surface area contributed by atoms with Gasteiger partial charge in [-0.3, -0.25) is 0 Å². The molecule has 0 saturated carbocycles. The molecule has 4 rings (SSSR count). The summed E-state index contributed by atoms with van der Waals surface area (Å²) < 4.78 is 0. The summed E-state index contributed by atoms with van der Waals surface area (Å²) in [6, 6.07) is 43.5. The topological polar surface area (TPSA) is 0 Å². The van der Waals surface area contributed by atoms with Crippen LogP contribution in [0, 0.1) is 0 Å². The van der Waals surface area contributed by atoms with Gasteiger partial charge in [0.1, 0.15) is 11.9 Å². The minimum Gasteiger partial charge on any atom is -0.813 e. The first kappa shape index (κ1) is 67.6. The van der Waals surface area contributed by atoms with Gasteiger partial charge in [0, 0.05) is 33.0 Å². The molecule has 63 heavy (non-hydrogen) atoms. The van der Waals surface area contributed by atoms with E-state index in [1.807, 2.05) is 6.92 Å². The van der Waals surface area contributed by atoms with E-state index in [-0.39, 0.29) is 78.2 Å². The molecule has 0 aliphatic rings. The van der Waals surface area contributed by atoms with Gasteiger partial charge in [-0.25, -0.2) is 0 Å². The molecule has 0 unspecified atom stereocenters. The third-order valence-corrected chi connectivity index (χ3v) is 26.0. The SMILES string of the molecule is CC(C)P(CCP(C(C)C)C(C)C)C(C)C.CC(C)P(CCP(C(C)C)C(C)C)C(C)C.CC[SH2+].[Ni].[Ni].[SH-].c1ccc([B-](c2ccccc2)(c2ccccc2)c2ccccc2)cc1. The van der Waals surface area contributed by atoms with Crippen molar-refractivity contribution in [3.05, 3.63) is 121 Å². The fraction of sp³-hybridized carbons (Fsp3) is 0.556. The number of rotatable bonds is 18. The second-order valence-electron chi connectivity index (χ2n) is 18.6. The van der Waals surface area contributed by atoms with Crippen LogP contribution in [0.25, 0.3) is 0 Å². The Balaban J connectivity index is -0.000000845. The van der Waals surface area contributed by atoms with Crippen LogP contribution in [0.4, 0.5) is 0 Å². The Bertz CT molecular complexity index is 1340. The van der Waals surface area contributed by atoms with E-state index < -0.39 is 6.15 Å². The van der Waals surface area contributed by atoms with E-state index in [1.54, 1.807) is 0 Å². The van der Waals surface area contributed by atoms with Crippen molar-refractivity contribution in [2.75, 3.05) is 30.4 Å². The van der Waals surface area contributed by atoms with Crippen molar-refractivity contribution < 1.29 is 33.0 Å². The van der Waals surface area contributed by atoms with E-state index in [1.165, 1.54) is 46.5 Å². The Morgan fingerprint density at radius 3 is 0.571 bits per heavy atom. The van der Waals surface area contributed by atoms with Crippen LogP contribution in [0.2, 0.25) is 0 Å². The summed E-state index contributed by atoms with van der Waals surface area (Å²) in [6.45, 7) is 40.7. The average Bonchev–Trinajstić information content (AvgIpc) is 3.20. The van der Waals surface area contributed by atoms with Gasteiger partial charge in [0.2, 0.25) is 0 Å². The molecule has 0 saturated heterocycles. The standard InChI is InChI=1S/C24H20B.2C14H32P2.C2H6S.2Ni.H2S/c1-5-13-21(14-6-1)25(22-15-7-2-8-16-22,23-17-9-3-10-18-23)24-19-11-4-12-20-24;2*1-11(2)15(12(3)4)9-10-16(13(5)6)14(7)8;1-2-3;;;/h1-20H;2*11-14H,9-10H2,1-8H3;3H,2H2,1H3;;;1H2/q-1;;;;;;. The average molecular weight is 1060 g/mol. The maximum absolute atomic E-state index is 3.18. The van der Waals surface area contributed by atoms with E-state index in [4.69, 9.17) is 0 Å². The molecule has 0 amide bonds. The number of thiol groups is 1. The van der Waals surface area contributed by atoms with Crippen molar-refractivity contribution in [2.45, 2.75) is 163 Å². The van der Waals surface area contributed by atoms with E-state index in [0.29, 0.717) is 0 Å². The third-order valence-electron chi connectivity index (χ3n) is 11.7. The molecule has 364 valence electrons. The molecule has 0 radical (unpaired) electrons. The summed E-state index contributed by atoms with van der Waals surface area (Å²) in [7, 11) is 1.02. The second kappa shape index (κ2) is 37.3. The number of hydrogen-bond acceptors (Lipinski definition) is 1. The van der Waals surface area contributed by atoms with Gasteiger partial charge in [-0.15, -0.1) is 31.7 Å². The molecule has 9 heteroatoms. The van der Waals surface area contributed by atoms with Gasteiger partial charge < -0.3 is 13.5 Å². The first-order valence-corrected chi connectivity index (χ1v) is 30.8. The van der Waals surface area contributed by atoms with E-state index in [0.717, 1.165) is 51.0 Å². The normalized spacial score (nSPS) is 11.4.